The van der Waals surface area contributed by atoms with E-state index in [1.54, 1.807) is 48.5 Å². The van der Waals surface area contributed by atoms with Gasteiger partial charge in [0.2, 0.25) is 0 Å². The summed E-state index contributed by atoms with van der Waals surface area (Å²) in [6.07, 6.45) is -1.01. The second-order valence-electron chi connectivity index (χ2n) is 20.7. The van der Waals surface area contributed by atoms with E-state index < -0.39 is 108 Å². The summed E-state index contributed by atoms with van der Waals surface area (Å²) in [4.78, 5) is 34.6. The van der Waals surface area contributed by atoms with Crippen LogP contribution in [-0.2, 0) is 47.6 Å². The highest BCUT2D eigenvalue weighted by Gasteiger charge is 2.54. The molecule has 4 N–H and O–H groups in total. The van der Waals surface area contributed by atoms with Crippen molar-refractivity contribution in [2.45, 2.75) is 231 Å². The van der Waals surface area contributed by atoms with Gasteiger partial charge in [0.05, 0.1) is 47.8 Å². The molecule has 64 heavy (non-hydrogen) atoms. The number of carbonyl (C=O) groups is 2. The van der Waals surface area contributed by atoms with E-state index in [0.29, 0.717) is 24.7 Å². The molecule has 0 aromatic heterocycles. The molecule has 0 aromatic carbocycles. The average molecular weight is 915 g/mol. The highest BCUT2D eigenvalue weighted by atomic mass is 16.7. The number of hydrogen-bond acceptors (Lipinski definition) is 16. The molecule has 16 heteroatoms. The van der Waals surface area contributed by atoms with E-state index >= 15 is 0 Å². The van der Waals surface area contributed by atoms with Crippen LogP contribution in [0.4, 0.5) is 0 Å². The summed E-state index contributed by atoms with van der Waals surface area (Å²) >= 11 is 0. The average Bonchev–Trinajstić information content (AvgIpc) is 3.22. The molecule has 0 aromatic rings. The SMILES string of the molecule is CC[C@H]1OC(=O)[C@H](C)[C@@H](O[C@H]2C[C@@](C)(OC)[C@@H](OC(C)=O)[C@H](C)O2)[C@H](C)[C@@H](O[C@@H]2O[C@H](C)C[C@H](N(C)C)[C@H]2O)[C@](C)(O)C[C@@H](C)/C(=N\OCCCC2CCCCC2)[C@H](C)[C@@H](O)[C@]1(C)O. The lowest BCUT2D eigenvalue weighted by Gasteiger charge is -2.49. The standard InChI is InChI=1S/C48H86N2O14/c1-15-36-48(11,56)41(53)29(4)38(49-58-23-19-22-34-20-17-16-18-21-34)27(2)25-46(9,55)42(64-45-39(52)35(50(12)13)24-28(3)59-45)30(5)40(31(6)44(54)62-36)63-37-26-47(10,57-14)43(32(7)60-37)61-33(8)51/h27-32,34-37,39-43,45,52-53,55-56H,15-26H2,1-14H3/b49-38+/t27-,28-,29+,30+,31-,32+,35+,36-,37+,39-,40+,41-,42-,43+,45+,46-,47-,48-/m1/s1. The summed E-state index contributed by atoms with van der Waals surface area (Å²) in [5, 5.41) is 53.5. The van der Waals surface area contributed by atoms with Crippen molar-refractivity contribution < 1.29 is 68.0 Å². The molecule has 0 bridgehead atoms. The smallest absolute Gasteiger partial charge is 0.311 e. The summed E-state index contributed by atoms with van der Waals surface area (Å²) in [5.74, 6) is -3.81. The fraction of sp³-hybridized carbons (Fsp3) is 0.938. The molecule has 0 spiro atoms. The normalized spacial score (nSPS) is 44.3. The molecular formula is C48H86N2O14. The van der Waals surface area contributed by atoms with Gasteiger partial charge in [-0.3, -0.25) is 9.59 Å². The van der Waals surface area contributed by atoms with Crippen LogP contribution in [0.1, 0.15) is 147 Å². The molecule has 0 amide bonds. The largest absolute Gasteiger partial charge is 0.459 e. The first-order valence-electron chi connectivity index (χ1n) is 24.1. The number of aliphatic hydroxyl groups excluding tert-OH is 2. The van der Waals surface area contributed by atoms with Crippen molar-refractivity contribution in [2.75, 3.05) is 27.8 Å². The summed E-state index contributed by atoms with van der Waals surface area (Å²) in [7, 11) is 5.27. The van der Waals surface area contributed by atoms with Crippen LogP contribution in [0.15, 0.2) is 5.16 Å². The Bertz CT molecular complexity index is 1510. The van der Waals surface area contributed by atoms with E-state index in [0.717, 1.165) is 12.8 Å². The fourth-order valence-electron chi connectivity index (χ4n) is 11.0. The highest BCUT2D eigenvalue weighted by Crippen LogP contribution is 2.42. The molecule has 372 valence electrons. The molecule has 3 aliphatic heterocycles. The van der Waals surface area contributed by atoms with E-state index in [-0.39, 0.29) is 31.4 Å². The van der Waals surface area contributed by atoms with Gasteiger partial charge < -0.3 is 63.3 Å². The molecule has 3 heterocycles. The topological polar surface area (TPSA) is 204 Å². The maximum Gasteiger partial charge on any atom is 0.311 e. The van der Waals surface area contributed by atoms with Crippen LogP contribution in [0.2, 0.25) is 0 Å². The molecule has 0 unspecified atom stereocenters. The van der Waals surface area contributed by atoms with E-state index in [2.05, 4.69) is 5.16 Å². The van der Waals surface area contributed by atoms with Crippen molar-refractivity contribution in [1.82, 2.24) is 4.90 Å². The predicted molar refractivity (Wildman–Crippen MR) is 240 cm³/mol. The quantitative estimate of drug-likeness (QED) is 0.102. The molecule has 4 rings (SSSR count). The number of methoxy groups -OCH3 is 1. The number of aliphatic hydroxyl groups is 4. The molecule has 1 saturated carbocycles. The Morgan fingerprint density at radius 3 is 2.17 bits per heavy atom. The molecule has 18 atom stereocenters. The van der Waals surface area contributed by atoms with Gasteiger partial charge in [-0.15, -0.1) is 0 Å². The number of hydrogen-bond donors (Lipinski definition) is 4. The van der Waals surface area contributed by atoms with Gasteiger partial charge in [-0.05, 0) is 93.7 Å². The predicted octanol–water partition coefficient (Wildman–Crippen LogP) is 5.52. The van der Waals surface area contributed by atoms with Crippen molar-refractivity contribution in [3.63, 3.8) is 0 Å². The summed E-state index contributed by atoms with van der Waals surface area (Å²) < 4.78 is 44.1. The third kappa shape index (κ3) is 13.4. The van der Waals surface area contributed by atoms with E-state index in [1.807, 2.05) is 32.8 Å². The number of likely N-dealkylation sites (N-methyl/N-ethyl adjacent to an activating group) is 1. The lowest BCUT2D eigenvalue weighted by Crippen LogP contribution is -2.61. The van der Waals surface area contributed by atoms with Gasteiger partial charge >= 0.3 is 11.9 Å². The van der Waals surface area contributed by atoms with Crippen LogP contribution in [0, 0.1) is 29.6 Å². The van der Waals surface area contributed by atoms with Crippen molar-refractivity contribution in [1.29, 1.82) is 0 Å². The Morgan fingerprint density at radius 1 is 0.922 bits per heavy atom. The zero-order chi connectivity index (χ0) is 47.9. The van der Waals surface area contributed by atoms with Crippen molar-refractivity contribution >= 4 is 17.7 Å². The molecular weight excluding hydrogens is 829 g/mol. The molecule has 0 radical (unpaired) electrons. The Labute approximate surface area is 383 Å². The van der Waals surface area contributed by atoms with Crippen molar-refractivity contribution in [3.05, 3.63) is 0 Å². The molecule has 4 aliphatic rings. The van der Waals surface area contributed by atoms with Crippen molar-refractivity contribution in [2.24, 2.45) is 34.7 Å². The molecule has 16 nitrogen and oxygen atoms in total. The van der Waals surface area contributed by atoms with Crippen LogP contribution in [0.25, 0.3) is 0 Å². The lowest BCUT2D eigenvalue weighted by molar-refractivity contribution is -0.318. The zero-order valence-corrected chi connectivity index (χ0v) is 41.5. The van der Waals surface area contributed by atoms with Gasteiger partial charge in [0.25, 0.3) is 0 Å². The van der Waals surface area contributed by atoms with Crippen LogP contribution in [0.3, 0.4) is 0 Å². The third-order valence-electron chi connectivity index (χ3n) is 14.9. The number of cyclic esters (lactones) is 1. The Morgan fingerprint density at radius 2 is 1.58 bits per heavy atom. The summed E-state index contributed by atoms with van der Waals surface area (Å²) in [6.45, 7) is 19.1. The molecule has 3 saturated heterocycles. The number of carbonyl (C=O) groups excluding carboxylic acids is 2. The molecule has 1 aliphatic carbocycles. The number of esters is 2. The van der Waals surface area contributed by atoms with Crippen LogP contribution in [0.5, 0.6) is 0 Å². The minimum atomic E-state index is -1.94. The van der Waals surface area contributed by atoms with E-state index in [4.69, 9.17) is 38.0 Å². The van der Waals surface area contributed by atoms with Crippen LogP contribution >= 0.6 is 0 Å². The van der Waals surface area contributed by atoms with Gasteiger partial charge in [-0.25, -0.2) is 0 Å². The Balaban J connectivity index is 1.81. The van der Waals surface area contributed by atoms with Gasteiger partial charge in [-0.1, -0.05) is 65.0 Å². The minimum absolute atomic E-state index is 0.0203. The van der Waals surface area contributed by atoms with Gasteiger partial charge in [0, 0.05) is 44.2 Å². The lowest BCUT2D eigenvalue weighted by atomic mass is 9.73. The zero-order valence-electron chi connectivity index (χ0n) is 41.5. The first-order chi connectivity index (χ1) is 29.9. The van der Waals surface area contributed by atoms with Gasteiger partial charge in [0.1, 0.15) is 30.0 Å². The fourth-order valence-corrected chi connectivity index (χ4v) is 11.0. The number of ether oxygens (including phenoxy) is 7. The number of nitrogens with zero attached hydrogens (tertiary/aromatic N) is 2. The van der Waals surface area contributed by atoms with Crippen LogP contribution < -0.4 is 0 Å². The maximum absolute atomic E-state index is 14.5. The maximum atomic E-state index is 14.5. The van der Waals surface area contributed by atoms with E-state index in [1.165, 1.54) is 53.1 Å². The Hall–Kier alpha value is -1.99. The second-order valence-corrected chi connectivity index (χ2v) is 20.7. The third-order valence-corrected chi connectivity index (χ3v) is 14.9. The highest BCUT2D eigenvalue weighted by molar-refractivity contribution is 5.88. The first-order valence-corrected chi connectivity index (χ1v) is 24.1. The monoisotopic (exact) mass is 915 g/mol. The van der Waals surface area contributed by atoms with E-state index in [9.17, 15) is 30.0 Å². The molecule has 4 fully saturated rings. The summed E-state index contributed by atoms with van der Waals surface area (Å²) in [5.41, 5.74) is -4.32. The first kappa shape index (κ1) is 54.6. The van der Waals surface area contributed by atoms with Gasteiger partial charge in [-0.2, -0.15) is 0 Å². The Kier molecular flexibility index (Phi) is 19.9. The second kappa shape index (κ2) is 23.3. The van der Waals surface area contributed by atoms with Crippen molar-refractivity contribution in [3.8, 4) is 0 Å². The summed E-state index contributed by atoms with van der Waals surface area (Å²) in [6, 6.07) is -0.323. The number of rotatable bonds is 13. The number of oxime groups is 1. The van der Waals surface area contributed by atoms with Gasteiger partial charge in [0.15, 0.2) is 18.7 Å². The van der Waals surface area contributed by atoms with Crippen LogP contribution in [-0.4, -0.2) is 155 Å². The minimum Gasteiger partial charge on any atom is -0.459 e.